The summed E-state index contributed by atoms with van der Waals surface area (Å²) in [5, 5.41) is 7.74. The van der Waals surface area contributed by atoms with Crippen LogP contribution < -0.4 is 10.6 Å². The van der Waals surface area contributed by atoms with Gasteiger partial charge in [-0.25, -0.2) is 9.97 Å². The summed E-state index contributed by atoms with van der Waals surface area (Å²) in [6, 6.07) is 12.8. The molecule has 0 fully saturated rings. The number of rotatable bonds is 2. The summed E-state index contributed by atoms with van der Waals surface area (Å²) in [6.45, 7) is 0.901. The Labute approximate surface area is 210 Å². The Balaban J connectivity index is 0.00000229. The number of nitrogens with one attached hydrogen (secondary N) is 1. The molecule has 8 heteroatoms. The highest BCUT2D eigenvalue weighted by molar-refractivity contribution is 5.87. The summed E-state index contributed by atoms with van der Waals surface area (Å²) in [6.07, 6.45) is 12.2. The molecule has 0 amide bonds. The monoisotopic (exact) mass is 485 g/mol. The maximum Gasteiger partial charge on any atom is 0.183 e. The number of halogens is 1. The van der Waals surface area contributed by atoms with E-state index in [2.05, 4.69) is 56.5 Å². The molecular formula is C27H28ClN7. The van der Waals surface area contributed by atoms with Gasteiger partial charge in [0.1, 0.15) is 0 Å². The first kappa shape index (κ1) is 22.2. The third-order valence-electron chi connectivity index (χ3n) is 8.03. The predicted molar refractivity (Wildman–Crippen MR) is 140 cm³/mol. The van der Waals surface area contributed by atoms with Crippen molar-refractivity contribution in [2.75, 3.05) is 11.4 Å². The van der Waals surface area contributed by atoms with Crippen LogP contribution in [0.5, 0.6) is 0 Å². The van der Waals surface area contributed by atoms with Crippen molar-refractivity contribution in [3.63, 3.8) is 0 Å². The number of benzene rings is 1. The van der Waals surface area contributed by atoms with E-state index in [0.717, 1.165) is 79.1 Å². The van der Waals surface area contributed by atoms with Crippen molar-refractivity contribution in [3.8, 4) is 0 Å². The molecule has 3 aromatic heterocycles. The maximum atomic E-state index is 6.74. The number of allylic oxidation sites excluding steroid dienone is 2. The minimum Gasteiger partial charge on any atom is -0.323 e. The lowest BCUT2D eigenvalue weighted by Gasteiger charge is -2.36. The average Bonchev–Trinajstić information content (AvgIpc) is 3.43. The van der Waals surface area contributed by atoms with E-state index in [4.69, 9.17) is 15.7 Å². The van der Waals surface area contributed by atoms with Gasteiger partial charge in [0.25, 0.3) is 0 Å². The van der Waals surface area contributed by atoms with Crippen molar-refractivity contribution in [2.24, 2.45) is 11.1 Å². The molecule has 7 nitrogen and oxygen atoms in total. The van der Waals surface area contributed by atoms with E-state index < -0.39 is 0 Å². The number of aromatic amines is 1. The second-order valence-electron chi connectivity index (χ2n) is 9.87. The summed E-state index contributed by atoms with van der Waals surface area (Å²) in [7, 11) is 0. The smallest absolute Gasteiger partial charge is 0.183 e. The number of aromatic nitrogens is 5. The van der Waals surface area contributed by atoms with Crippen LogP contribution in [-0.2, 0) is 12.8 Å². The SMILES string of the molecule is Cl.N[C@@H]1c2ccccc2C[C@@]12CC=C(c1cnc3c(N4CCCc5ncccc54)n[nH]c3n1)CC2. The molecule has 0 unspecified atom stereocenters. The van der Waals surface area contributed by atoms with E-state index in [0.29, 0.717) is 0 Å². The number of hydrogen-bond acceptors (Lipinski definition) is 6. The molecule has 1 aliphatic heterocycles. The van der Waals surface area contributed by atoms with E-state index in [-0.39, 0.29) is 23.9 Å². The lowest BCUT2D eigenvalue weighted by Crippen LogP contribution is -2.33. The van der Waals surface area contributed by atoms with Gasteiger partial charge in [-0.3, -0.25) is 10.1 Å². The Bertz CT molecular complexity index is 1440. The molecule has 7 rings (SSSR count). The molecule has 0 radical (unpaired) electrons. The third kappa shape index (κ3) is 3.45. The largest absolute Gasteiger partial charge is 0.323 e. The lowest BCUT2D eigenvalue weighted by atomic mass is 9.70. The number of pyridine rings is 1. The number of nitrogens with zero attached hydrogens (tertiary/aromatic N) is 5. The van der Waals surface area contributed by atoms with Gasteiger partial charge in [-0.1, -0.05) is 30.3 Å². The maximum absolute atomic E-state index is 6.74. The summed E-state index contributed by atoms with van der Waals surface area (Å²) in [5.74, 6) is 0.828. The minimum atomic E-state index is 0. The Kier molecular flexibility index (Phi) is 5.34. The number of hydrogen-bond donors (Lipinski definition) is 2. The first-order valence-corrected chi connectivity index (χ1v) is 12.2. The highest BCUT2D eigenvalue weighted by atomic mass is 35.5. The molecule has 4 heterocycles. The van der Waals surface area contributed by atoms with Gasteiger partial charge in [0, 0.05) is 18.8 Å². The molecule has 0 saturated heterocycles. The molecule has 1 spiro atoms. The molecule has 1 aromatic carbocycles. The average molecular weight is 486 g/mol. The van der Waals surface area contributed by atoms with Gasteiger partial charge in [0.15, 0.2) is 17.0 Å². The van der Waals surface area contributed by atoms with Gasteiger partial charge in [-0.15, -0.1) is 12.4 Å². The molecule has 178 valence electrons. The molecule has 3 N–H and O–H groups in total. The van der Waals surface area contributed by atoms with Crippen LogP contribution in [0.2, 0.25) is 0 Å². The fourth-order valence-corrected chi connectivity index (χ4v) is 6.15. The van der Waals surface area contributed by atoms with Crippen LogP contribution in [0, 0.1) is 5.41 Å². The second kappa shape index (κ2) is 8.43. The molecule has 0 bridgehead atoms. The van der Waals surface area contributed by atoms with Crippen LogP contribution in [0.3, 0.4) is 0 Å². The van der Waals surface area contributed by atoms with E-state index in [1.54, 1.807) is 0 Å². The molecule has 35 heavy (non-hydrogen) atoms. The quantitative estimate of drug-likeness (QED) is 0.411. The van der Waals surface area contributed by atoms with E-state index >= 15 is 0 Å². The van der Waals surface area contributed by atoms with Crippen molar-refractivity contribution in [3.05, 3.63) is 77.4 Å². The summed E-state index contributed by atoms with van der Waals surface area (Å²) in [5.41, 5.74) is 15.6. The first-order valence-electron chi connectivity index (χ1n) is 12.2. The zero-order valence-corrected chi connectivity index (χ0v) is 20.3. The number of aryl methyl sites for hydroxylation is 1. The number of nitrogens with two attached hydrogens (primary N) is 1. The van der Waals surface area contributed by atoms with Crippen molar-refractivity contribution < 1.29 is 0 Å². The normalized spacial score (nSPS) is 23.1. The third-order valence-corrected chi connectivity index (χ3v) is 8.03. The van der Waals surface area contributed by atoms with Crippen molar-refractivity contribution in [1.82, 2.24) is 25.1 Å². The van der Waals surface area contributed by atoms with Gasteiger partial charge >= 0.3 is 0 Å². The van der Waals surface area contributed by atoms with Crippen molar-refractivity contribution in [1.29, 1.82) is 0 Å². The Morgan fingerprint density at radius 1 is 1.09 bits per heavy atom. The van der Waals surface area contributed by atoms with E-state index in [9.17, 15) is 0 Å². The van der Waals surface area contributed by atoms with Crippen molar-refractivity contribution in [2.45, 2.75) is 44.6 Å². The fourth-order valence-electron chi connectivity index (χ4n) is 6.15. The minimum absolute atomic E-state index is 0. The number of H-pyrrole nitrogens is 1. The zero-order chi connectivity index (χ0) is 22.7. The summed E-state index contributed by atoms with van der Waals surface area (Å²) >= 11 is 0. The van der Waals surface area contributed by atoms with E-state index in [1.807, 2.05) is 18.5 Å². The first-order chi connectivity index (χ1) is 16.7. The summed E-state index contributed by atoms with van der Waals surface area (Å²) in [4.78, 5) is 16.5. The molecule has 2 aliphatic carbocycles. The van der Waals surface area contributed by atoms with Crippen molar-refractivity contribution >= 4 is 40.6 Å². The second-order valence-corrected chi connectivity index (χ2v) is 9.87. The fraction of sp³-hybridized carbons (Fsp3) is 0.333. The van der Waals surface area contributed by atoms with Crippen LogP contribution in [-0.4, -0.2) is 31.7 Å². The Morgan fingerprint density at radius 3 is 2.86 bits per heavy atom. The standard InChI is InChI=1S/C27H27N7.ClH/c28-24-19-6-2-1-5-18(19)15-27(24)11-9-17(10-12-27)21-16-30-23-25(31-21)32-33-26(23)34-14-4-7-20-22(34)8-3-13-29-20;/h1-3,5-6,8-9,13,16,24H,4,7,10-12,14-15,28H2,(H,31,32,33);1H/t24-,27+;/m1./s1. The number of fused-ring (bicyclic) bond motifs is 3. The van der Waals surface area contributed by atoms with Gasteiger partial charge in [0.2, 0.25) is 0 Å². The molecule has 3 aliphatic rings. The summed E-state index contributed by atoms with van der Waals surface area (Å²) < 4.78 is 0. The van der Waals surface area contributed by atoms with Crippen LogP contribution >= 0.6 is 12.4 Å². The predicted octanol–water partition coefficient (Wildman–Crippen LogP) is 5.06. The van der Waals surface area contributed by atoms with Gasteiger partial charge in [-0.05, 0) is 72.8 Å². The Morgan fingerprint density at radius 2 is 2.00 bits per heavy atom. The molecule has 0 saturated carbocycles. The molecular weight excluding hydrogens is 458 g/mol. The number of anilines is 2. The highest BCUT2D eigenvalue weighted by Gasteiger charge is 2.44. The zero-order valence-electron chi connectivity index (χ0n) is 19.4. The van der Waals surface area contributed by atoms with Crippen LogP contribution in [0.1, 0.15) is 54.2 Å². The van der Waals surface area contributed by atoms with Gasteiger partial charge in [-0.2, -0.15) is 5.10 Å². The van der Waals surface area contributed by atoms with Crippen LogP contribution in [0.4, 0.5) is 11.5 Å². The molecule has 4 aromatic rings. The van der Waals surface area contributed by atoms with Crippen LogP contribution in [0.25, 0.3) is 16.7 Å². The Hall–Kier alpha value is -3.29. The van der Waals surface area contributed by atoms with Crippen LogP contribution in [0.15, 0.2) is 54.9 Å². The van der Waals surface area contributed by atoms with E-state index in [1.165, 1.54) is 16.7 Å². The highest BCUT2D eigenvalue weighted by Crippen LogP contribution is 2.53. The molecule has 2 atom stereocenters. The topological polar surface area (TPSA) is 96.6 Å². The van der Waals surface area contributed by atoms with Gasteiger partial charge in [0.05, 0.1) is 23.3 Å². The van der Waals surface area contributed by atoms with Gasteiger partial charge < -0.3 is 10.6 Å². The lowest BCUT2D eigenvalue weighted by molar-refractivity contribution is 0.224.